The van der Waals surface area contributed by atoms with Crippen LogP contribution >= 0.6 is 34.4 Å². The number of rotatable bonds is 2. The minimum Gasteiger partial charge on any atom is -0.236 e. The van der Waals surface area contributed by atoms with Crippen molar-refractivity contribution in [2.45, 2.75) is 3.26 Å². The Morgan fingerprint density at radius 1 is 1.60 bits per heavy atom. The van der Waals surface area contributed by atoms with E-state index in [1.54, 1.807) is 24.2 Å². The second-order valence-electron chi connectivity index (χ2n) is 1.55. The van der Waals surface area contributed by atoms with Crippen molar-refractivity contribution in [2.24, 2.45) is 0 Å². The number of aromatic nitrogens is 3. The van der Waals surface area contributed by atoms with Crippen molar-refractivity contribution in [3.05, 3.63) is 18.2 Å². The van der Waals surface area contributed by atoms with Crippen LogP contribution in [0, 0.1) is 0 Å². The van der Waals surface area contributed by atoms with Crippen molar-refractivity contribution in [2.75, 3.05) is 6.26 Å². The summed E-state index contributed by atoms with van der Waals surface area (Å²) in [5.41, 5.74) is 0. The van der Waals surface area contributed by atoms with E-state index in [2.05, 4.69) is 37.8 Å². The maximum Gasteiger partial charge on any atom is 0.173 e. The summed E-state index contributed by atoms with van der Waals surface area (Å²) in [5.74, 6) is 0.788. The monoisotopic (exact) mass is 267 g/mol. The third-order valence-corrected chi connectivity index (χ3v) is 3.62. The van der Waals surface area contributed by atoms with Crippen LogP contribution in [-0.4, -0.2) is 21.4 Å². The van der Waals surface area contributed by atoms with Gasteiger partial charge in [-0.1, -0.05) is 22.6 Å². The summed E-state index contributed by atoms with van der Waals surface area (Å²) in [7, 11) is 0. The Hall–Kier alpha value is 0.0900. The first kappa shape index (κ1) is 8.19. The maximum atomic E-state index is 4.05. The van der Waals surface area contributed by atoms with E-state index >= 15 is 0 Å². The van der Waals surface area contributed by atoms with Gasteiger partial charge in [0.2, 0.25) is 0 Å². The Bertz CT molecular complexity index is 193. The van der Waals surface area contributed by atoms with Gasteiger partial charge in [0, 0.05) is 6.20 Å². The minimum absolute atomic E-state index is 0.311. The average Bonchev–Trinajstić information content (AvgIpc) is 2.05. The van der Waals surface area contributed by atoms with Crippen molar-refractivity contribution in [3.8, 4) is 0 Å². The van der Waals surface area contributed by atoms with E-state index in [-0.39, 0.29) is 0 Å². The van der Waals surface area contributed by atoms with E-state index in [0.29, 0.717) is 3.26 Å². The van der Waals surface area contributed by atoms with Gasteiger partial charge in [-0.25, -0.2) is 4.98 Å². The molecule has 0 bridgehead atoms. The normalized spacial score (nSPS) is 13.0. The van der Waals surface area contributed by atoms with Crippen LogP contribution in [-0.2, 0) is 0 Å². The molecule has 0 aromatic carbocycles. The van der Waals surface area contributed by atoms with Crippen LogP contribution in [0.3, 0.4) is 0 Å². The standard InChI is InChI=1S/C5H6IN3S/c1-10-4(6)5-7-2-3-8-9-5/h2-4H,1H3. The summed E-state index contributed by atoms with van der Waals surface area (Å²) in [4.78, 5) is 4.05. The van der Waals surface area contributed by atoms with Crippen molar-refractivity contribution in [1.82, 2.24) is 15.2 Å². The summed E-state index contributed by atoms with van der Waals surface area (Å²) >= 11 is 3.97. The lowest BCUT2D eigenvalue weighted by Gasteiger charge is -2.00. The van der Waals surface area contributed by atoms with E-state index < -0.39 is 0 Å². The molecule has 0 aliphatic carbocycles. The highest BCUT2D eigenvalue weighted by molar-refractivity contribution is 14.1. The van der Waals surface area contributed by atoms with Crippen molar-refractivity contribution < 1.29 is 0 Å². The molecule has 1 atom stereocenters. The van der Waals surface area contributed by atoms with Crippen LogP contribution in [0.1, 0.15) is 9.08 Å². The van der Waals surface area contributed by atoms with Gasteiger partial charge in [-0.3, -0.25) is 0 Å². The smallest absolute Gasteiger partial charge is 0.173 e. The Balaban J connectivity index is 2.75. The molecule has 5 heteroatoms. The molecule has 0 amide bonds. The highest BCUT2D eigenvalue weighted by atomic mass is 127. The molecule has 1 heterocycles. The quantitative estimate of drug-likeness (QED) is 0.603. The van der Waals surface area contributed by atoms with Crippen LogP contribution in [0.5, 0.6) is 0 Å². The Kier molecular flexibility index (Phi) is 3.33. The van der Waals surface area contributed by atoms with Gasteiger partial charge in [-0.2, -0.15) is 5.10 Å². The third kappa shape index (κ3) is 2.05. The zero-order valence-corrected chi connectivity index (χ0v) is 8.33. The lowest BCUT2D eigenvalue weighted by Crippen LogP contribution is -1.94. The van der Waals surface area contributed by atoms with E-state index in [0.717, 1.165) is 5.82 Å². The van der Waals surface area contributed by atoms with Gasteiger partial charge < -0.3 is 0 Å². The lowest BCUT2D eigenvalue weighted by molar-refractivity contribution is 0.899. The largest absolute Gasteiger partial charge is 0.236 e. The molecule has 1 rings (SSSR count). The van der Waals surface area contributed by atoms with Crippen LogP contribution < -0.4 is 0 Å². The van der Waals surface area contributed by atoms with Crippen LogP contribution in [0.4, 0.5) is 0 Å². The van der Waals surface area contributed by atoms with Gasteiger partial charge in [-0.05, 0) is 6.26 Å². The Morgan fingerprint density at radius 3 is 2.90 bits per heavy atom. The summed E-state index contributed by atoms with van der Waals surface area (Å²) < 4.78 is 0.311. The predicted octanol–water partition coefficient (Wildman–Crippen LogP) is 1.67. The number of nitrogens with zero attached hydrogens (tertiary/aromatic N) is 3. The predicted molar refractivity (Wildman–Crippen MR) is 50.1 cm³/mol. The second kappa shape index (κ2) is 4.07. The Labute approximate surface area is 77.2 Å². The molecule has 54 valence electrons. The fourth-order valence-corrected chi connectivity index (χ4v) is 1.07. The van der Waals surface area contributed by atoms with E-state index in [4.69, 9.17) is 0 Å². The Morgan fingerprint density at radius 2 is 2.40 bits per heavy atom. The molecule has 0 saturated heterocycles. The molecule has 3 nitrogen and oxygen atoms in total. The number of hydrogen-bond donors (Lipinski definition) is 0. The first-order valence-corrected chi connectivity index (χ1v) is 5.18. The first-order valence-electron chi connectivity index (χ1n) is 2.65. The van der Waals surface area contributed by atoms with Gasteiger partial charge in [0.1, 0.15) is 3.26 Å². The molecule has 0 N–H and O–H groups in total. The molecule has 10 heavy (non-hydrogen) atoms. The molecule has 0 aliphatic heterocycles. The number of halogens is 1. The maximum absolute atomic E-state index is 4.05. The minimum atomic E-state index is 0.311. The zero-order valence-electron chi connectivity index (χ0n) is 5.36. The molecule has 0 saturated carbocycles. The second-order valence-corrected chi connectivity index (χ2v) is 4.59. The van der Waals surface area contributed by atoms with Gasteiger partial charge >= 0.3 is 0 Å². The molecular formula is C5H6IN3S. The summed E-state index contributed by atoms with van der Waals surface area (Å²) in [6.07, 6.45) is 5.25. The summed E-state index contributed by atoms with van der Waals surface area (Å²) in [6, 6.07) is 0. The fraction of sp³-hybridized carbons (Fsp3) is 0.400. The highest BCUT2D eigenvalue weighted by Crippen LogP contribution is 2.29. The molecule has 0 fully saturated rings. The van der Waals surface area contributed by atoms with Crippen molar-refractivity contribution in [3.63, 3.8) is 0 Å². The molecular weight excluding hydrogens is 261 g/mol. The SMILES string of the molecule is CSC(I)c1nccnn1. The van der Waals surface area contributed by atoms with Gasteiger partial charge in [-0.15, -0.1) is 16.9 Å². The first-order chi connectivity index (χ1) is 4.84. The third-order valence-electron chi connectivity index (χ3n) is 0.910. The van der Waals surface area contributed by atoms with Gasteiger partial charge in [0.05, 0.1) is 6.20 Å². The van der Waals surface area contributed by atoms with E-state index in [1.165, 1.54) is 0 Å². The highest BCUT2D eigenvalue weighted by Gasteiger charge is 2.06. The summed E-state index contributed by atoms with van der Waals surface area (Å²) in [5, 5.41) is 7.58. The van der Waals surface area contributed by atoms with Crippen molar-refractivity contribution >= 4 is 34.4 Å². The fourth-order valence-electron chi connectivity index (χ4n) is 0.467. The number of hydrogen-bond acceptors (Lipinski definition) is 4. The number of alkyl halides is 1. The average molecular weight is 267 g/mol. The van der Waals surface area contributed by atoms with Gasteiger partial charge in [0.25, 0.3) is 0 Å². The molecule has 0 radical (unpaired) electrons. The van der Waals surface area contributed by atoms with Crippen molar-refractivity contribution in [1.29, 1.82) is 0 Å². The van der Waals surface area contributed by atoms with E-state index in [9.17, 15) is 0 Å². The zero-order chi connectivity index (χ0) is 7.40. The topological polar surface area (TPSA) is 38.7 Å². The van der Waals surface area contributed by atoms with E-state index in [1.807, 2.05) is 6.26 Å². The van der Waals surface area contributed by atoms with Crippen LogP contribution in [0.15, 0.2) is 12.4 Å². The number of thioether (sulfide) groups is 1. The molecule has 0 aliphatic rings. The van der Waals surface area contributed by atoms with Gasteiger partial charge in [0.15, 0.2) is 5.82 Å². The molecule has 1 unspecified atom stereocenters. The molecule has 1 aromatic heterocycles. The molecule has 0 spiro atoms. The van der Waals surface area contributed by atoms with Crippen LogP contribution in [0.25, 0.3) is 0 Å². The lowest BCUT2D eigenvalue weighted by atomic mass is 10.7. The molecule has 1 aromatic rings. The van der Waals surface area contributed by atoms with Crippen LogP contribution in [0.2, 0.25) is 0 Å². The summed E-state index contributed by atoms with van der Waals surface area (Å²) in [6.45, 7) is 0.